The lowest BCUT2D eigenvalue weighted by molar-refractivity contribution is -0.185. The number of carbonyl (C=O) groups is 3. The van der Waals surface area contributed by atoms with Crippen LogP contribution in [0.5, 0.6) is 0 Å². The van der Waals surface area contributed by atoms with Gasteiger partial charge in [0.25, 0.3) is 0 Å². The fourth-order valence-electron chi connectivity index (χ4n) is 6.03. The zero-order valence-electron chi connectivity index (χ0n) is 17.1. The first-order valence-electron chi connectivity index (χ1n) is 10.5. The number of fused-ring (bicyclic) bond motifs is 2. The highest BCUT2D eigenvalue weighted by molar-refractivity contribution is 5.96. The number of hydrogen-bond donors (Lipinski definition) is 1. The van der Waals surface area contributed by atoms with E-state index >= 15 is 0 Å². The smallest absolute Gasteiger partial charge is 0.317 e. The van der Waals surface area contributed by atoms with Crippen molar-refractivity contribution in [3.05, 3.63) is 0 Å². The lowest BCUT2D eigenvalue weighted by atomic mass is 9.64. The molecule has 0 aromatic heterocycles. The van der Waals surface area contributed by atoms with Gasteiger partial charge in [-0.2, -0.15) is 0 Å². The molecule has 3 fully saturated rings. The average molecular weight is 396 g/mol. The normalized spacial score (nSPS) is 38.2. The molecule has 2 bridgehead atoms. The summed E-state index contributed by atoms with van der Waals surface area (Å²) in [7, 11) is 0. The second-order valence-electron chi connectivity index (χ2n) is 8.61. The largest absolute Gasteiger partial charge is 0.481 e. The van der Waals surface area contributed by atoms with E-state index in [1.54, 1.807) is 13.8 Å². The van der Waals surface area contributed by atoms with E-state index in [1.165, 1.54) is 0 Å². The fraction of sp³-hybridized carbons (Fsp3) is 0.857. The van der Waals surface area contributed by atoms with E-state index < -0.39 is 35.7 Å². The van der Waals surface area contributed by atoms with Gasteiger partial charge in [0.05, 0.1) is 17.8 Å². The number of carbonyl (C=O) groups excluding carboxylic acids is 2. The van der Waals surface area contributed by atoms with Crippen LogP contribution in [0.15, 0.2) is 0 Å². The Morgan fingerprint density at radius 3 is 2.32 bits per heavy atom. The molecule has 1 aliphatic heterocycles. The second-order valence-corrected chi connectivity index (χ2v) is 8.61. The number of rotatable bonds is 9. The molecule has 1 N–H and O–H groups in total. The summed E-state index contributed by atoms with van der Waals surface area (Å²) >= 11 is 0. The van der Waals surface area contributed by atoms with Gasteiger partial charge in [-0.05, 0) is 56.8 Å². The van der Waals surface area contributed by atoms with Crippen LogP contribution in [0.3, 0.4) is 0 Å². The van der Waals surface area contributed by atoms with Crippen LogP contribution in [0.1, 0.15) is 47.0 Å². The minimum atomic E-state index is -0.831. The number of hydrogen-bond acceptors (Lipinski definition) is 6. The number of ether oxygens (including phenoxy) is 3. The van der Waals surface area contributed by atoms with E-state index in [1.807, 2.05) is 13.8 Å². The van der Waals surface area contributed by atoms with Gasteiger partial charge in [-0.1, -0.05) is 13.8 Å². The molecule has 0 radical (unpaired) electrons. The summed E-state index contributed by atoms with van der Waals surface area (Å²) in [4.78, 5) is 35.9. The Hall–Kier alpha value is -1.47. The quantitative estimate of drug-likeness (QED) is 0.363. The minimum absolute atomic E-state index is 0.0131. The molecule has 7 nitrogen and oxygen atoms in total. The number of carboxylic acid groups (broad SMARTS) is 1. The number of aliphatic carboxylic acids is 1. The van der Waals surface area contributed by atoms with Crippen molar-refractivity contribution in [2.24, 2.45) is 47.3 Å². The first-order chi connectivity index (χ1) is 13.3. The molecule has 2 aliphatic carbocycles. The summed E-state index contributed by atoms with van der Waals surface area (Å²) in [5, 5.41) is 9.46. The molecular weight excluding hydrogens is 364 g/mol. The standard InChI is InChI=1S/C21H32O7/c1-5-26-21(27-6-2)15-9-12-8-13(15)14(7-10(3)18(22)23)17(12)16-11(4)19(24)28-20(16)25/h10-17,21H,5-9H2,1-4H3,(H,22,23). The van der Waals surface area contributed by atoms with E-state index in [0.717, 1.165) is 12.8 Å². The topological polar surface area (TPSA) is 99.1 Å². The Balaban J connectivity index is 1.87. The molecular formula is C21H32O7. The maximum Gasteiger partial charge on any atom is 0.317 e. The molecule has 0 amide bonds. The van der Waals surface area contributed by atoms with Gasteiger partial charge in [-0.25, -0.2) is 0 Å². The predicted octanol–water partition coefficient (Wildman–Crippen LogP) is 2.72. The zero-order valence-corrected chi connectivity index (χ0v) is 17.1. The van der Waals surface area contributed by atoms with Crippen molar-refractivity contribution in [1.29, 1.82) is 0 Å². The summed E-state index contributed by atoms with van der Waals surface area (Å²) in [6.07, 6.45) is 1.99. The van der Waals surface area contributed by atoms with Crippen molar-refractivity contribution in [3.8, 4) is 0 Å². The molecule has 2 saturated carbocycles. The number of cyclic esters (lactones) is 2. The van der Waals surface area contributed by atoms with Crippen molar-refractivity contribution in [1.82, 2.24) is 0 Å². The van der Waals surface area contributed by atoms with Crippen LogP contribution < -0.4 is 0 Å². The van der Waals surface area contributed by atoms with Crippen LogP contribution in [-0.4, -0.2) is 42.5 Å². The lowest BCUT2D eigenvalue weighted by Crippen LogP contribution is -2.42. The molecule has 8 unspecified atom stereocenters. The summed E-state index contributed by atoms with van der Waals surface area (Å²) < 4.78 is 16.6. The van der Waals surface area contributed by atoms with Gasteiger partial charge in [-0.3, -0.25) is 14.4 Å². The van der Waals surface area contributed by atoms with Gasteiger partial charge in [0.2, 0.25) is 0 Å². The Kier molecular flexibility index (Phi) is 6.44. The van der Waals surface area contributed by atoms with E-state index in [-0.39, 0.29) is 35.9 Å². The minimum Gasteiger partial charge on any atom is -0.481 e. The molecule has 0 aromatic rings. The average Bonchev–Trinajstić information content (AvgIpc) is 3.27. The van der Waals surface area contributed by atoms with E-state index in [4.69, 9.17) is 14.2 Å². The van der Waals surface area contributed by atoms with Crippen LogP contribution >= 0.6 is 0 Å². The molecule has 28 heavy (non-hydrogen) atoms. The van der Waals surface area contributed by atoms with Crippen molar-refractivity contribution >= 4 is 17.9 Å². The van der Waals surface area contributed by atoms with Gasteiger partial charge in [-0.15, -0.1) is 0 Å². The van der Waals surface area contributed by atoms with Crippen molar-refractivity contribution in [3.63, 3.8) is 0 Å². The third-order valence-electron chi connectivity index (χ3n) is 7.15. The maximum atomic E-state index is 12.4. The molecule has 0 aromatic carbocycles. The van der Waals surface area contributed by atoms with Crippen molar-refractivity contribution < 1.29 is 33.7 Å². The Morgan fingerprint density at radius 1 is 1.18 bits per heavy atom. The third kappa shape index (κ3) is 3.71. The summed E-state index contributed by atoms with van der Waals surface area (Å²) in [6, 6.07) is 0. The van der Waals surface area contributed by atoms with Crippen LogP contribution in [0, 0.1) is 47.3 Å². The second kappa shape index (κ2) is 8.49. The highest BCUT2D eigenvalue weighted by Crippen LogP contribution is 2.61. The molecule has 1 heterocycles. The number of esters is 2. The number of carboxylic acids is 1. The summed E-state index contributed by atoms with van der Waals surface area (Å²) in [5.41, 5.74) is 0. The van der Waals surface area contributed by atoms with Crippen LogP contribution in [-0.2, 0) is 28.6 Å². The molecule has 0 spiro atoms. The van der Waals surface area contributed by atoms with Crippen molar-refractivity contribution in [2.75, 3.05) is 13.2 Å². The molecule has 158 valence electrons. The van der Waals surface area contributed by atoms with E-state index in [0.29, 0.717) is 19.6 Å². The van der Waals surface area contributed by atoms with Gasteiger partial charge in [0, 0.05) is 19.1 Å². The molecule has 3 aliphatic rings. The molecule has 1 saturated heterocycles. The summed E-state index contributed by atoms with van der Waals surface area (Å²) in [6.45, 7) is 8.45. The van der Waals surface area contributed by atoms with Gasteiger partial charge >= 0.3 is 17.9 Å². The third-order valence-corrected chi connectivity index (χ3v) is 7.15. The molecule has 8 atom stereocenters. The molecule has 7 heteroatoms. The van der Waals surface area contributed by atoms with Gasteiger partial charge in [0.1, 0.15) is 0 Å². The van der Waals surface area contributed by atoms with Crippen LogP contribution in [0.25, 0.3) is 0 Å². The van der Waals surface area contributed by atoms with Gasteiger partial charge in [0.15, 0.2) is 6.29 Å². The maximum absolute atomic E-state index is 12.4. The van der Waals surface area contributed by atoms with E-state index in [9.17, 15) is 19.5 Å². The van der Waals surface area contributed by atoms with Gasteiger partial charge < -0.3 is 19.3 Å². The highest BCUT2D eigenvalue weighted by atomic mass is 16.7. The highest BCUT2D eigenvalue weighted by Gasteiger charge is 2.61. The molecule has 3 rings (SSSR count). The Bertz CT molecular complexity index is 612. The lowest BCUT2D eigenvalue weighted by Gasteiger charge is -2.41. The van der Waals surface area contributed by atoms with E-state index in [2.05, 4.69) is 0 Å². The SMILES string of the molecule is CCOC(OCC)C1CC2CC1C(CC(C)C(=O)O)C2C1C(=O)OC(=O)C1C. The Morgan fingerprint density at radius 2 is 1.82 bits per heavy atom. The Labute approximate surface area is 166 Å². The monoisotopic (exact) mass is 396 g/mol. The zero-order chi connectivity index (χ0) is 20.6. The first kappa shape index (κ1) is 21.2. The predicted molar refractivity (Wildman–Crippen MR) is 98.9 cm³/mol. The first-order valence-corrected chi connectivity index (χ1v) is 10.5. The van der Waals surface area contributed by atoms with Crippen LogP contribution in [0.2, 0.25) is 0 Å². The fourth-order valence-corrected chi connectivity index (χ4v) is 6.03. The van der Waals surface area contributed by atoms with Crippen molar-refractivity contribution in [2.45, 2.75) is 53.2 Å². The summed E-state index contributed by atoms with van der Waals surface area (Å²) in [5.74, 6) is -2.45. The van der Waals surface area contributed by atoms with Crippen LogP contribution in [0.4, 0.5) is 0 Å².